The highest BCUT2D eigenvalue weighted by Gasteiger charge is 2.12. The van der Waals surface area contributed by atoms with E-state index >= 15 is 0 Å². The Labute approximate surface area is 182 Å². The van der Waals surface area contributed by atoms with Crippen LogP contribution in [0.25, 0.3) is 0 Å². The maximum absolute atomic E-state index is 12.3. The molecule has 1 amide bonds. The quantitative estimate of drug-likeness (QED) is 0.283. The van der Waals surface area contributed by atoms with Crippen LogP contribution >= 0.6 is 61.1 Å². The summed E-state index contributed by atoms with van der Waals surface area (Å²) in [5.41, 5.74) is 3.80. The summed E-state index contributed by atoms with van der Waals surface area (Å²) in [6, 6.07) is 9.11. The van der Waals surface area contributed by atoms with Crippen molar-refractivity contribution >= 4 is 73.2 Å². The van der Waals surface area contributed by atoms with E-state index in [4.69, 9.17) is 9.47 Å². The molecule has 2 rings (SSSR count). The number of nitrogens with zero attached hydrogens (tertiary/aromatic N) is 1. The van der Waals surface area contributed by atoms with E-state index in [1.54, 1.807) is 18.3 Å². The minimum Gasteiger partial charge on any atom is -0.496 e. The van der Waals surface area contributed by atoms with E-state index in [0.29, 0.717) is 17.9 Å². The summed E-state index contributed by atoms with van der Waals surface area (Å²) < 4.78 is 13.6. The van der Waals surface area contributed by atoms with Gasteiger partial charge in [0, 0.05) is 4.47 Å². The molecule has 5 nitrogen and oxygen atoms in total. The number of hydrazone groups is 1. The topological polar surface area (TPSA) is 59.9 Å². The maximum Gasteiger partial charge on any atom is 0.275 e. The van der Waals surface area contributed by atoms with Gasteiger partial charge < -0.3 is 9.47 Å². The van der Waals surface area contributed by atoms with Gasteiger partial charge in [0.15, 0.2) is 0 Å². The van der Waals surface area contributed by atoms with Gasteiger partial charge in [-0.05, 0) is 88.0 Å². The number of hydrogen-bond donors (Lipinski definition) is 1. The zero-order valence-corrected chi connectivity index (χ0v) is 19.4. The van der Waals surface area contributed by atoms with Crippen LogP contribution in [0.1, 0.15) is 22.8 Å². The average Bonchev–Trinajstić information content (AvgIpc) is 2.58. The van der Waals surface area contributed by atoms with Crippen molar-refractivity contribution in [2.45, 2.75) is 6.92 Å². The van der Waals surface area contributed by atoms with Gasteiger partial charge in [-0.3, -0.25) is 4.79 Å². The van der Waals surface area contributed by atoms with Crippen molar-refractivity contribution in [3.05, 3.63) is 53.1 Å². The van der Waals surface area contributed by atoms with Crippen molar-refractivity contribution in [3.63, 3.8) is 0 Å². The zero-order valence-electron chi connectivity index (χ0n) is 13.5. The Balaban J connectivity index is 2.13. The van der Waals surface area contributed by atoms with E-state index in [-0.39, 0.29) is 5.91 Å². The van der Waals surface area contributed by atoms with E-state index in [0.717, 1.165) is 22.9 Å². The van der Waals surface area contributed by atoms with E-state index in [1.165, 1.54) is 7.11 Å². The van der Waals surface area contributed by atoms with E-state index in [1.807, 2.05) is 25.1 Å². The van der Waals surface area contributed by atoms with Gasteiger partial charge in [-0.2, -0.15) is 5.10 Å². The van der Waals surface area contributed by atoms with Crippen molar-refractivity contribution in [2.75, 3.05) is 13.7 Å². The second-order valence-electron chi connectivity index (χ2n) is 4.79. The largest absolute Gasteiger partial charge is 0.496 e. The van der Waals surface area contributed by atoms with Crippen molar-refractivity contribution in [1.82, 2.24) is 5.43 Å². The fourth-order valence-corrected chi connectivity index (χ4v) is 4.51. The molecule has 0 unspecified atom stereocenters. The van der Waals surface area contributed by atoms with Crippen LogP contribution in [0, 0.1) is 7.14 Å². The molecule has 0 saturated carbocycles. The zero-order chi connectivity index (χ0) is 18.4. The summed E-state index contributed by atoms with van der Waals surface area (Å²) in [5.74, 6) is 1.01. The third kappa shape index (κ3) is 5.55. The van der Waals surface area contributed by atoms with Crippen LogP contribution in [0.4, 0.5) is 0 Å². The highest BCUT2D eigenvalue weighted by Crippen LogP contribution is 2.28. The van der Waals surface area contributed by atoms with Gasteiger partial charge in [0.1, 0.15) is 11.5 Å². The molecule has 0 saturated heterocycles. The first-order valence-electron chi connectivity index (χ1n) is 7.25. The lowest BCUT2D eigenvalue weighted by atomic mass is 10.2. The molecule has 0 aliphatic carbocycles. The number of carbonyl (C=O) groups is 1. The van der Waals surface area contributed by atoms with Crippen LogP contribution in [-0.2, 0) is 0 Å². The van der Waals surface area contributed by atoms with Gasteiger partial charge in [0.05, 0.1) is 32.6 Å². The number of ether oxygens (including phenoxy) is 2. The predicted octanol–water partition coefficient (Wildman–Crippen LogP) is 4.83. The van der Waals surface area contributed by atoms with Crippen LogP contribution in [0.3, 0.4) is 0 Å². The molecule has 0 aliphatic rings. The molecule has 0 heterocycles. The molecule has 132 valence electrons. The third-order valence-corrected chi connectivity index (χ3v) is 5.19. The fourth-order valence-electron chi connectivity index (χ4n) is 2.02. The molecule has 25 heavy (non-hydrogen) atoms. The molecular formula is C17H15BrI2N2O3. The lowest BCUT2D eigenvalue weighted by molar-refractivity contribution is 0.0952. The minimum absolute atomic E-state index is 0.343. The lowest BCUT2D eigenvalue weighted by Crippen LogP contribution is -2.18. The van der Waals surface area contributed by atoms with Gasteiger partial charge in [0.25, 0.3) is 5.91 Å². The number of carbonyl (C=O) groups excluding carboxylic acids is 1. The highest BCUT2D eigenvalue weighted by molar-refractivity contribution is 14.1. The summed E-state index contributed by atoms with van der Waals surface area (Å²) in [5, 5.41) is 4.04. The third-order valence-electron chi connectivity index (χ3n) is 3.10. The summed E-state index contributed by atoms with van der Waals surface area (Å²) in [6.45, 7) is 2.57. The van der Waals surface area contributed by atoms with Crippen LogP contribution in [0.5, 0.6) is 11.5 Å². The van der Waals surface area contributed by atoms with Gasteiger partial charge in [-0.1, -0.05) is 15.9 Å². The first-order valence-corrected chi connectivity index (χ1v) is 10.2. The second-order valence-corrected chi connectivity index (χ2v) is 8.03. The molecule has 0 aliphatic heterocycles. The van der Waals surface area contributed by atoms with Crippen LogP contribution in [0.15, 0.2) is 39.9 Å². The van der Waals surface area contributed by atoms with Crippen molar-refractivity contribution in [2.24, 2.45) is 5.10 Å². The lowest BCUT2D eigenvalue weighted by Gasteiger charge is -2.09. The Morgan fingerprint density at radius 2 is 1.96 bits per heavy atom. The van der Waals surface area contributed by atoms with Crippen LogP contribution < -0.4 is 14.9 Å². The number of hydrogen-bond acceptors (Lipinski definition) is 4. The molecule has 0 bridgehead atoms. The Morgan fingerprint density at radius 3 is 2.56 bits per heavy atom. The van der Waals surface area contributed by atoms with Crippen LogP contribution in [-0.4, -0.2) is 25.8 Å². The van der Waals surface area contributed by atoms with Gasteiger partial charge >= 0.3 is 0 Å². The minimum atomic E-state index is -0.343. The highest BCUT2D eigenvalue weighted by atomic mass is 127. The molecule has 0 atom stereocenters. The SMILES string of the molecule is CCOc1c(I)cc(/C=N\NC(=O)c2cc(Br)ccc2OC)cc1I. The molecule has 0 spiro atoms. The molecule has 2 aromatic rings. The standard InChI is InChI=1S/C17H15BrI2N2O3/c1-3-25-16-13(19)6-10(7-14(16)20)9-21-22-17(23)12-8-11(18)4-5-15(12)24-2/h4-9H,3H2,1-2H3,(H,22,23)/b21-9-. The smallest absolute Gasteiger partial charge is 0.275 e. The number of benzene rings is 2. The maximum atomic E-state index is 12.3. The number of rotatable bonds is 6. The van der Waals surface area contributed by atoms with E-state index in [2.05, 4.69) is 71.6 Å². The Hall–Kier alpha value is -0.880. The van der Waals surface area contributed by atoms with Crippen LogP contribution in [0.2, 0.25) is 0 Å². The molecule has 0 aromatic heterocycles. The van der Waals surface area contributed by atoms with Gasteiger partial charge in [0.2, 0.25) is 0 Å². The molecule has 1 N–H and O–H groups in total. The first kappa shape index (κ1) is 20.4. The number of amides is 1. The van der Waals surface area contributed by atoms with Crippen molar-refractivity contribution in [1.29, 1.82) is 0 Å². The average molecular weight is 629 g/mol. The van der Waals surface area contributed by atoms with Gasteiger partial charge in [-0.25, -0.2) is 5.43 Å². The monoisotopic (exact) mass is 628 g/mol. The Morgan fingerprint density at radius 1 is 1.28 bits per heavy atom. The Bertz CT molecular complexity index is 789. The second kappa shape index (κ2) is 9.72. The summed E-state index contributed by atoms with van der Waals surface area (Å²) in [4.78, 5) is 12.3. The number of nitrogens with one attached hydrogen (secondary N) is 1. The van der Waals surface area contributed by atoms with Crippen molar-refractivity contribution < 1.29 is 14.3 Å². The molecule has 2 aromatic carbocycles. The van der Waals surface area contributed by atoms with Gasteiger partial charge in [-0.15, -0.1) is 0 Å². The first-order chi connectivity index (χ1) is 12.0. The summed E-state index contributed by atoms with van der Waals surface area (Å²) in [7, 11) is 1.52. The molecule has 0 radical (unpaired) electrons. The predicted molar refractivity (Wildman–Crippen MR) is 119 cm³/mol. The molecular weight excluding hydrogens is 614 g/mol. The molecule has 0 fully saturated rings. The van der Waals surface area contributed by atoms with E-state index in [9.17, 15) is 4.79 Å². The van der Waals surface area contributed by atoms with Crippen molar-refractivity contribution in [3.8, 4) is 11.5 Å². The normalized spacial score (nSPS) is 10.8. The summed E-state index contributed by atoms with van der Waals surface area (Å²) in [6.07, 6.45) is 1.60. The fraction of sp³-hybridized carbons (Fsp3) is 0.176. The Kier molecular flexibility index (Phi) is 7.94. The summed E-state index contributed by atoms with van der Waals surface area (Å²) >= 11 is 7.79. The molecule has 8 heteroatoms. The van der Waals surface area contributed by atoms with E-state index < -0.39 is 0 Å². The number of halogens is 3. The number of methoxy groups -OCH3 is 1.